The van der Waals surface area contributed by atoms with Crippen LogP contribution in [0, 0.1) is 40.4 Å². The van der Waals surface area contributed by atoms with E-state index < -0.39 is 196 Å². The topological polar surface area (TPSA) is 396 Å². The van der Waals surface area contributed by atoms with Gasteiger partial charge in [-0.15, -0.1) is 0 Å². The molecule has 434 valence electrons. The van der Waals surface area contributed by atoms with E-state index >= 15 is 0 Å². The summed E-state index contributed by atoms with van der Waals surface area (Å²) in [6, 6.07) is 0. The van der Waals surface area contributed by atoms with Crippen LogP contribution in [-0.2, 0) is 47.4 Å². The molecule has 0 aromatic carbocycles. The van der Waals surface area contributed by atoms with Crippen LogP contribution in [-0.4, -0.2) is 256 Å². The Kier molecular flexibility index (Phi) is 16.3. The Labute approximate surface area is 439 Å². The van der Waals surface area contributed by atoms with E-state index in [0.29, 0.717) is 37.7 Å². The first kappa shape index (κ1) is 57.6. The highest BCUT2D eigenvalue weighted by atomic mass is 16.8. The number of allylic oxidation sites excluding steroid dienone is 1. The SMILES string of the molecule is CC1=CO[C@@]2(O[C@H]3C[C@H]4[C@@H]5CC=C6C[C@@H](O)C[C@@H](O[C@@H]7O[C@H](CO)[C@@H](O)[C@H](O[C@@H]8O[C@H](C)[C@H](O)[C@H](O)[C@H]8O)[C@H]7O[C@@H]7OC(CO)[C@H](O)[C@H](O)C7O)[C@]6(C)[C@H]5CC[C@]4(C)[C@H]3[C@@H]2CO)[C@@H](O)[C@H]1O[C@@H]1O[C@H](C)[C@H](O)[C@H](O)[C@H]1O. The van der Waals surface area contributed by atoms with Gasteiger partial charge in [0.15, 0.2) is 25.2 Å². The molecule has 6 aliphatic heterocycles. The second kappa shape index (κ2) is 21.6. The van der Waals surface area contributed by atoms with Crippen molar-refractivity contribution in [1.29, 1.82) is 0 Å². The molecule has 0 amide bonds. The molecule has 25 heteroatoms. The zero-order chi connectivity index (χ0) is 54.8. The molecule has 0 aromatic heterocycles. The maximum absolute atomic E-state index is 12.3. The van der Waals surface area contributed by atoms with Gasteiger partial charge in [-0.05, 0) is 81.6 Å². The van der Waals surface area contributed by atoms with Gasteiger partial charge in [0, 0.05) is 17.8 Å². The van der Waals surface area contributed by atoms with E-state index in [9.17, 15) is 76.6 Å². The lowest BCUT2D eigenvalue weighted by Gasteiger charge is -2.61. The Bertz CT molecular complexity index is 2100. The molecule has 8 fully saturated rings. The van der Waals surface area contributed by atoms with Crippen molar-refractivity contribution in [2.75, 3.05) is 19.8 Å². The normalized spacial score (nSPS) is 57.2. The molecule has 0 aromatic rings. The highest BCUT2D eigenvalue weighted by molar-refractivity contribution is 5.29. The first-order valence-corrected chi connectivity index (χ1v) is 26.9. The Morgan fingerprint density at radius 1 is 0.605 bits per heavy atom. The van der Waals surface area contributed by atoms with E-state index in [0.717, 1.165) is 5.57 Å². The maximum Gasteiger partial charge on any atom is 0.244 e. The van der Waals surface area contributed by atoms with Gasteiger partial charge >= 0.3 is 0 Å². The van der Waals surface area contributed by atoms with Crippen LogP contribution in [0.4, 0.5) is 0 Å². The first-order chi connectivity index (χ1) is 35.9. The highest BCUT2D eigenvalue weighted by Gasteiger charge is 2.73. The molecule has 4 aliphatic carbocycles. The van der Waals surface area contributed by atoms with Crippen molar-refractivity contribution in [2.45, 2.75) is 232 Å². The monoisotopic (exact) mass is 1090 g/mol. The second-order valence-corrected chi connectivity index (χ2v) is 23.8. The average molecular weight is 1090 g/mol. The summed E-state index contributed by atoms with van der Waals surface area (Å²) in [5.41, 5.74) is 0.0350. The molecule has 2 unspecified atom stereocenters. The molecule has 33 atom stereocenters. The third-order valence-electron chi connectivity index (χ3n) is 19.7. The Morgan fingerprint density at radius 3 is 1.79 bits per heavy atom. The van der Waals surface area contributed by atoms with Gasteiger partial charge in [0.25, 0.3) is 0 Å². The minimum atomic E-state index is -1.96. The van der Waals surface area contributed by atoms with E-state index in [2.05, 4.69) is 19.9 Å². The lowest BCUT2D eigenvalue weighted by atomic mass is 9.46. The number of hydrogen-bond acceptors (Lipinski definition) is 25. The minimum Gasteiger partial charge on any atom is -0.467 e. The Balaban J connectivity index is 0.930. The van der Waals surface area contributed by atoms with Crippen molar-refractivity contribution >= 4 is 0 Å². The quantitative estimate of drug-likeness (QED) is 0.0864. The van der Waals surface area contributed by atoms with Gasteiger partial charge in [0.05, 0.1) is 62.5 Å². The van der Waals surface area contributed by atoms with Crippen LogP contribution in [0.15, 0.2) is 23.5 Å². The third-order valence-corrected chi connectivity index (χ3v) is 19.7. The standard InChI is InChI=1S/C51H80O25/c1-17-16-67-51(44(66)41(17)73-45-38(63)35(60)31(56)18(2)68-45)25(13-52)30-26(76-51)12-24-22-7-6-20-10-21(55)11-29(50(20,5)23(22)8-9-49(24,30)4)72-48-43(75-47-40(65)37(62)33(58)27(14-53)70-47)42(34(59)28(15-54)71-48)74-46-39(64)36(61)32(57)19(3)69-46/h6,16,18-19,21-48,52-66H,7-15H2,1-5H3/t18-,19-,21-,22-,23+,24+,25+,26+,27?,28-,29-,30+,31+,32+,33+,34-,35+,36+,37+,38-,39-,40?,41+,42+,43-,44+,45+,46+,47+,48+,49+,50+,51+/m1/s1. The van der Waals surface area contributed by atoms with E-state index in [1.165, 1.54) is 20.1 Å². The summed E-state index contributed by atoms with van der Waals surface area (Å²) >= 11 is 0. The molecular formula is C51H80O25. The molecule has 5 saturated heterocycles. The second-order valence-electron chi connectivity index (χ2n) is 23.8. The Morgan fingerprint density at radius 2 is 1.17 bits per heavy atom. The van der Waals surface area contributed by atoms with Crippen LogP contribution in [0.3, 0.4) is 0 Å². The fourth-order valence-electron chi connectivity index (χ4n) is 15.4. The van der Waals surface area contributed by atoms with Gasteiger partial charge < -0.3 is 124 Å². The highest BCUT2D eigenvalue weighted by Crippen LogP contribution is 2.71. The lowest BCUT2D eigenvalue weighted by Crippen LogP contribution is -2.68. The fraction of sp³-hybridized carbons (Fsp3) is 0.922. The van der Waals surface area contributed by atoms with E-state index in [1.807, 2.05) is 0 Å². The number of fused-ring (bicyclic) bond motifs is 7. The zero-order valence-electron chi connectivity index (χ0n) is 43.1. The molecule has 10 rings (SSSR count). The molecule has 1 spiro atoms. The molecule has 0 bridgehead atoms. The van der Waals surface area contributed by atoms with Crippen molar-refractivity contribution < 1.29 is 124 Å². The van der Waals surface area contributed by atoms with Crippen molar-refractivity contribution in [3.8, 4) is 0 Å². The first-order valence-electron chi connectivity index (χ1n) is 26.9. The van der Waals surface area contributed by atoms with Crippen LogP contribution in [0.25, 0.3) is 0 Å². The fourth-order valence-corrected chi connectivity index (χ4v) is 15.4. The van der Waals surface area contributed by atoms with Crippen molar-refractivity contribution in [1.82, 2.24) is 0 Å². The van der Waals surface area contributed by atoms with Gasteiger partial charge in [-0.25, -0.2) is 0 Å². The summed E-state index contributed by atoms with van der Waals surface area (Å²) in [7, 11) is 0. The zero-order valence-corrected chi connectivity index (χ0v) is 43.1. The van der Waals surface area contributed by atoms with Crippen molar-refractivity contribution in [3.05, 3.63) is 23.5 Å². The predicted octanol–water partition coefficient (Wildman–Crippen LogP) is -4.78. The molecule has 76 heavy (non-hydrogen) atoms. The van der Waals surface area contributed by atoms with E-state index in [4.69, 9.17) is 47.4 Å². The van der Waals surface area contributed by atoms with Crippen LogP contribution in [0.5, 0.6) is 0 Å². The summed E-state index contributed by atoms with van der Waals surface area (Å²) in [4.78, 5) is 0. The third kappa shape index (κ3) is 9.17. The summed E-state index contributed by atoms with van der Waals surface area (Å²) in [5, 5.41) is 164. The number of aliphatic hydroxyl groups is 15. The summed E-state index contributed by atoms with van der Waals surface area (Å²) in [6.45, 7) is 6.79. The molecule has 15 N–H and O–H groups in total. The summed E-state index contributed by atoms with van der Waals surface area (Å²) in [6.07, 6.45) is -30.9. The predicted molar refractivity (Wildman–Crippen MR) is 251 cm³/mol. The van der Waals surface area contributed by atoms with Gasteiger partial charge in [-0.3, -0.25) is 0 Å². The van der Waals surface area contributed by atoms with Crippen LogP contribution < -0.4 is 0 Å². The minimum absolute atomic E-state index is 0.0156. The molecule has 25 nitrogen and oxygen atoms in total. The molecule has 3 saturated carbocycles. The van der Waals surface area contributed by atoms with Crippen molar-refractivity contribution in [3.63, 3.8) is 0 Å². The summed E-state index contributed by atoms with van der Waals surface area (Å²) < 4.78 is 62.4. The van der Waals surface area contributed by atoms with E-state index in [1.54, 1.807) is 6.92 Å². The molecule has 10 aliphatic rings. The van der Waals surface area contributed by atoms with E-state index in [-0.39, 0.29) is 30.1 Å². The van der Waals surface area contributed by atoms with Crippen LogP contribution in [0.1, 0.15) is 73.1 Å². The van der Waals surface area contributed by atoms with Gasteiger partial charge in [-0.2, -0.15) is 0 Å². The average Bonchev–Trinajstić information content (AvgIpc) is 4.08. The lowest BCUT2D eigenvalue weighted by molar-refractivity contribution is -0.397. The molecular weight excluding hydrogens is 1010 g/mol. The molecule has 6 heterocycles. The maximum atomic E-state index is 12.3. The number of aliphatic hydroxyl groups excluding tert-OH is 15. The number of ether oxygens (including phenoxy) is 10. The number of hydrogen-bond donors (Lipinski definition) is 15. The van der Waals surface area contributed by atoms with Crippen LogP contribution >= 0.6 is 0 Å². The molecule has 0 radical (unpaired) electrons. The van der Waals surface area contributed by atoms with Crippen LogP contribution in [0.2, 0.25) is 0 Å². The Hall–Kier alpha value is -1.68. The van der Waals surface area contributed by atoms with Gasteiger partial charge in [0.2, 0.25) is 5.79 Å². The van der Waals surface area contributed by atoms with Gasteiger partial charge in [0.1, 0.15) is 97.7 Å². The number of rotatable bonds is 11. The van der Waals surface area contributed by atoms with Gasteiger partial charge in [-0.1, -0.05) is 25.5 Å². The largest absolute Gasteiger partial charge is 0.467 e. The summed E-state index contributed by atoms with van der Waals surface area (Å²) in [5.74, 6) is -3.02. The van der Waals surface area contributed by atoms with Crippen molar-refractivity contribution in [2.24, 2.45) is 40.4 Å². The smallest absolute Gasteiger partial charge is 0.244 e.